The summed E-state index contributed by atoms with van der Waals surface area (Å²) in [6.07, 6.45) is 6.75. The van der Waals surface area contributed by atoms with Crippen LogP contribution in [0.3, 0.4) is 0 Å². The molecule has 84 valence electrons. The van der Waals surface area contributed by atoms with E-state index in [2.05, 4.69) is 11.9 Å². The van der Waals surface area contributed by atoms with Crippen molar-refractivity contribution in [2.24, 2.45) is 0 Å². The van der Waals surface area contributed by atoms with E-state index in [9.17, 15) is 5.11 Å². The van der Waals surface area contributed by atoms with Crippen LogP contribution in [0.25, 0.3) is 0 Å². The average molecular weight is 228 g/mol. The zero-order chi connectivity index (χ0) is 11.1. The lowest BCUT2D eigenvalue weighted by Crippen LogP contribution is -1.97. The van der Waals surface area contributed by atoms with Crippen molar-refractivity contribution < 1.29 is 5.11 Å². The van der Waals surface area contributed by atoms with Gasteiger partial charge in [-0.15, -0.1) is 0 Å². The van der Waals surface area contributed by atoms with Crippen molar-refractivity contribution in [3.05, 3.63) is 29.0 Å². The van der Waals surface area contributed by atoms with Crippen molar-refractivity contribution in [2.75, 3.05) is 0 Å². The van der Waals surface area contributed by atoms with Crippen LogP contribution in [0.2, 0.25) is 5.15 Å². The third-order valence-electron chi connectivity index (χ3n) is 2.47. The number of halogens is 1. The van der Waals surface area contributed by atoms with Gasteiger partial charge in [-0.3, -0.25) is 0 Å². The fourth-order valence-corrected chi connectivity index (χ4v) is 1.74. The summed E-state index contributed by atoms with van der Waals surface area (Å²) in [5.41, 5.74) is 0.867. The Morgan fingerprint density at radius 3 is 2.87 bits per heavy atom. The Hall–Kier alpha value is -0.600. The SMILES string of the molecule is CCCCCCC(O)c1ccnc(Cl)c1. The van der Waals surface area contributed by atoms with Gasteiger partial charge in [-0.05, 0) is 24.1 Å². The summed E-state index contributed by atoms with van der Waals surface area (Å²) in [6.45, 7) is 2.18. The Bertz CT molecular complexity index is 291. The van der Waals surface area contributed by atoms with E-state index < -0.39 is 6.10 Å². The number of pyridine rings is 1. The van der Waals surface area contributed by atoms with Crippen molar-refractivity contribution in [2.45, 2.75) is 45.1 Å². The van der Waals surface area contributed by atoms with Gasteiger partial charge in [-0.1, -0.05) is 44.2 Å². The second kappa shape index (κ2) is 6.81. The second-order valence-electron chi connectivity index (χ2n) is 3.78. The first kappa shape index (κ1) is 12.5. The van der Waals surface area contributed by atoms with E-state index >= 15 is 0 Å². The second-order valence-corrected chi connectivity index (χ2v) is 4.16. The maximum absolute atomic E-state index is 9.86. The van der Waals surface area contributed by atoms with Crippen LogP contribution in [-0.4, -0.2) is 10.1 Å². The third-order valence-corrected chi connectivity index (χ3v) is 2.67. The summed E-state index contributed by atoms with van der Waals surface area (Å²) < 4.78 is 0. The Morgan fingerprint density at radius 2 is 2.20 bits per heavy atom. The summed E-state index contributed by atoms with van der Waals surface area (Å²) in [6, 6.07) is 3.54. The average Bonchev–Trinajstić information content (AvgIpc) is 2.24. The molecule has 15 heavy (non-hydrogen) atoms. The van der Waals surface area contributed by atoms with Crippen LogP contribution >= 0.6 is 11.6 Å². The summed E-state index contributed by atoms with van der Waals surface area (Å²) in [5, 5.41) is 10.3. The molecule has 0 amide bonds. The minimum Gasteiger partial charge on any atom is -0.388 e. The lowest BCUT2D eigenvalue weighted by molar-refractivity contribution is 0.163. The third kappa shape index (κ3) is 4.63. The number of hydrogen-bond donors (Lipinski definition) is 1. The molecular weight excluding hydrogens is 210 g/mol. The van der Waals surface area contributed by atoms with Crippen molar-refractivity contribution in [3.8, 4) is 0 Å². The van der Waals surface area contributed by atoms with Gasteiger partial charge in [0, 0.05) is 6.20 Å². The Balaban J connectivity index is 2.36. The summed E-state index contributed by atoms with van der Waals surface area (Å²) >= 11 is 5.75. The molecule has 0 aliphatic heterocycles. The molecule has 1 rings (SSSR count). The fourth-order valence-electron chi connectivity index (χ4n) is 1.56. The van der Waals surface area contributed by atoms with E-state index in [1.54, 1.807) is 12.3 Å². The quantitative estimate of drug-likeness (QED) is 0.593. The molecule has 3 heteroatoms. The molecule has 1 N–H and O–H groups in total. The molecule has 1 aromatic rings. The van der Waals surface area contributed by atoms with Crippen LogP contribution in [0.1, 0.15) is 50.7 Å². The Kier molecular flexibility index (Phi) is 5.66. The predicted octanol–water partition coefficient (Wildman–Crippen LogP) is 3.74. The molecule has 0 aromatic carbocycles. The summed E-state index contributed by atoms with van der Waals surface area (Å²) in [4.78, 5) is 3.89. The molecule has 0 bridgehead atoms. The van der Waals surface area contributed by atoms with Gasteiger partial charge >= 0.3 is 0 Å². The van der Waals surface area contributed by atoms with Crippen LogP contribution in [0, 0.1) is 0 Å². The first-order valence-electron chi connectivity index (χ1n) is 5.53. The van der Waals surface area contributed by atoms with E-state index in [4.69, 9.17) is 11.6 Å². The van der Waals surface area contributed by atoms with Crippen molar-refractivity contribution in [1.29, 1.82) is 0 Å². The van der Waals surface area contributed by atoms with Gasteiger partial charge in [0.15, 0.2) is 0 Å². The van der Waals surface area contributed by atoms with Crippen molar-refractivity contribution >= 4 is 11.6 Å². The number of aliphatic hydroxyl groups is 1. The molecule has 0 radical (unpaired) electrons. The number of rotatable bonds is 6. The van der Waals surface area contributed by atoms with Crippen LogP contribution in [0.4, 0.5) is 0 Å². The standard InChI is InChI=1S/C12H18ClNO/c1-2-3-4-5-6-11(15)10-7-8-14-12(13)9-10/h7-9,11,15H,2-6H2,1H3. The van der Waals surface area contributed by atoms with Gasteiger partial charge in [0.1, 0.15) is 5.15 Å². The predicted molar refractivity (Wildman–Crippen MR) is 63.0 cm³/mol. The first-order chi connectivity index (χ1) is 7.24. The highest BCUT2D eigenvalue weighted by atomic mass is 35.5. The molecule has 1 heterocycles. The minimum atomic E-state index is -0.401. The van der Waals surface area contributed by atoms with Crippen LogP contribution < -0.4 is 0 Å². The summed E-state index contributed by atoms with van der Waals surface area (Å²) in [5.74, 6) is 0. The number of aliphatic hydroxyl groups excluding tert-OH is 1. The molecule has 0 spiro atoms. The minimum absolute atomic E-state index is 0.401. The monoisotopic (exact) mass is 227 g/mol. The maximum Gasteiger partial charge on any atom is 0.129 e. The topological polar surface area (TPSA) is 33.1 Å². The van der Waals surface area contributed by atoms with Crippen LogP contribution in [0.15, 0.2) is 18.3 Å². The summed E-state index contributed by atoms with van der Waals surface area (Å²) in [7, 11) is 0. The molecule has 0 saturated carbocycles. The number of unbranched alkanes of at least 4 members (excludes halogenated alkanes) is 3. The molecule has 0 aliphatic rings. The lowest BCUT2D eigenvalue weighted by atomic mass is 10.0. The van der Waals surface area contributed by atoms with E-state index in [0.717, 1.165) is 18.4 Å². The van der Waals surface area contributed by atoms with Crippen LogP contribution in [0.5, 0.6) is 0 Å². The highest BCUT2D eigenvalue weighted by molar-refractivity contribution is 6.29. The molecule has 1 aromatic heterocycles. The Morgan fingerprint density at radius 1 is 1.40 bits per heavy atom. The van der Waals surface area contributed by atoms with Crippen molar-refractivity contribution in [1.82, 2.24) is 4.98 Å². The van der Waals surface area contributed by atoms with E-state index in [0.29, 0.717) is 5.15 Å². The number of aromatic nitrogens is 1. The van der Waals surface area contributed by atoms with Gasteiger partial charge in [-0.2, -0.15) is 0 Å². The molecule has 0 fully saturated rings. The molecular formula is C12H18ClNO. The van der Waals surface area contributed by atoms with Gasteiger partial charge in [0.2, 0.25) is 0 Å². The fraction of sp³-hybridized carbons (Fsp3) is 0.583. The zero-order valence-electron chi connectivity index (χ0n) is 9.12. The van der Waals surface area contributed by atoms with Crippen LogP contribution in [-0.2, 0) is 0 Å². The lowest BCUT2D eigenvalue weighted by Gasteiger charge is -2.10. The van der Waals surface area contributed by atoms with Gasteiger partial charge in [-0.25, -0.2) is 4.98 Å². The Labute approximate surface area is 96.3 Å². The highest BCUT2D eigenvalue weighted by Gasteiger charge is 2.07. The van der Waals surface area contributed by atoms with Gasteiger partial charge in [0.05, 0.1) is 6.10 Å². The largest absolute Gasteiger partial charge is 0.388 e. The first-order valence-corrected chi connectivity index (χ1v) is 5.91. The maximum atomic E-state index is 9.86. The smallest absolute Gasteiger partial charge is 0.129 e. The van der Waals surface area contributed by atoms with Gasteiger partial charge < -0.3 is 5.11 Å². The molecule has 1 unspecified atom stereocenters. The number of nitrogens with zero attached hydrogens (tertiary/aromatic N) is 1. The molecule has 2 nitrogen and oxygen atoms in total. The normalized spacial score (nSPS) is 12.7. The van der Waals surface area contributed by atoms with Crippen molar-refractivity contribution in [3.63, 3.8) is 0 Å². The zero-order valence-corrected chi connectivity index (χ0v) is 9.87. The molecule has 0 saturated heterocycles. The van der Waals surface area contributed by atoms with Gasteiger partial charge in [0.25, 0.3) is 0 Å². The van der Waals surface area contributed by atoms with E-state index in [1.807, 2.05) is 6.07 Å². The highest BCUT2D eigenvalue weighted by Crippen LogP contribution is 2.21. The number of hydrogen-bond acceptors (Lipinski definition) is 2. The molecule has 1 atom stereocenters. The van der Waals surface area contributed by atoms with E-state index in [1.165, 1.54) is 19.3 Å². The molecule has 0 aliphatic carbocycles. The van der Waals surface area contributed by atoms with E-state index in [-0.39, 0.29) is 0 Å².